The average molecular weight is 213 g/mol. The summed E-state index contributed by atoms with van der Waals surface area (Å²) in [7, 11) is 1.36. The van der Waals surface area contributed by atoms with Gasteiger partial charge in [0, 0.05) is 19.0 Å². The maximum Gasteiger partial charge on any atom is 0.310 e. The molecule has 1 amide bonds. The van der Waals surface area contributed by atoms with Crippen LogP contribution in [-0.2, 0) is 14.3 Å². The van der Waals surface area contributed by atoms with E-state index in [0.717, 1.165) is 0 Å². The van der Waals surface area contributed by atoms with Crippen LogP contribution in [0.1, 0.15) is 27.2 Å². The lowest BCUT2D eigenvalue weighted by atomic mass is 10.1. The lowest BCUT2D eigenvalue weighted by Gasteiger charge is -2.27. The van der Waals surface area contributed by atoms with Gasteiger partial charge < -0.3 is 9.64 Å². The molecule has 1 aliphatic rings. The quantitative estimate of drug-likeness (QED) is 0.658. The number of nitrogens with zero attached hydrogens (tertiary/aromatic N) is 1. The fourth-order valence-electron chi connectivity index (χ4n) is 1.81. The van der Waals surface area contributed by atoms with Crippen LogP contribution in [0.4, 0.5) is 0 Å². The van der Waals surface area contributed by atoms with Crippen molar-refractivity contribution in [2.45, 2.75) is 33.2 Å². The molecule has 4 heteroatoms. The highest BCUT2D eigenvalue weighted by Crippen LogP contribution is 2.23. The first-order valence-corrected chi connectivity index (χ1v) is 5.34. The van der Waals surface area contributed by atoms with E-state index in [1.165, 1.54) is 7.11 Å². The number of esters is 1. The number of hydrogen-bond donors (Lipinski definition) is 0. The molecule has 0 aromatic carbocycles. The first-order chi connectivity index (χ1) is 6.97. The highest BCUT2D eigenvalue weighted by atomic mass is 16.5. The zero-order valence-corrected chi connectivity index (χ0v) is 9.82. The van der Waals surface area contributed by atoms with Crippen LogP contribution in [0.25, 0.3) is 0 Å². The van der Waals surface area contributed by atoms with Gasteiger partial charge in [0.1, 0.15) is 0 Å². The van der Waals surface area contributed by atoms with Gasteiger partial charge >= 0.3 is 5.97 Å². The molecule has 0 spiro atoms. The van der Waals surface area contributed by atoms with Gasteiger partial charge in [-0.25, -0.2) is 0 Å². The van der Waals surface area contributed by atoms with Crippen LogP contribution in [0.3, 0.4) is 0 Å². The van der Waals surface area contributed by atoms with Gasteiger partial charge in [0.15, 0.2) is 0 Å². The zero-order valence-electron chi connectivity index (χ0n) is 9.82. The lowest BCUT2D eigenvalue weighted by Crippen LogP contribution is -2.38. The van der Waals surface area contributed by atoms with Crippen molar-refractivity contribution in [3.05, 3.63) is 0 Å². The summed E-state index contributed by atoms with van der Waals surface area (Å²) >= 11 is 0. The normalized spacial score (nSPS) is 23.4. The Morgan fingerprint density at radius 1 is 1.47 bits per heavy atom. The minimum absolute atomic E-state index is 0.0617. The Morgan fingerprint density at radius 2 is 2.07 bits per heavy atom. The van der Waals surface area contributed by atoms with Crippen molar-refractivity contribution in [2.24, 2.45) is 11.8 Å². The van der Waals surface area contributed by atoms with Crippen molar-refractivity contribution in [1.82, 2.24) is 4.90 Å². The van der Waals surface area contributed by atoms with E-state index in [9.17, 15) is 9.59 Å². The van der Waals surface area contributed by atoms with Crippen molar-refractivity contribution in [1.29, 1.82) is 0 Å². The van der Waals surface area contributed by atoms with Gasteiger partial charge in [-0.2, -0.15) is 0 Å². The highest BCUT2D eigenvalue weighted by molar-refractivity contribution is 5.86. The second kappa shape index (κ2) is 4.64. The number of rotatable bonds is 3. The largest absolute Gasteiger partial charge is 0.469 e. The predicted octanol–water partition coefficient (Wildman–Crippen LogP) is 1.05. The minimum Gasteiger partial charge on any atom is -0.469 e. The van der Waals surface area contributed by atoms with Crippen molar-refractivity contribution >= 4 is 11.9 Å². The fraction of sp³-hybridized carbons (Fsp3) is 0.818. The van der Waals surface area contributed by atoms with E-state index in [-0.39, 0.29) is 23.8 Å². The standard InChI is InChI=1S/C11H19NO3/c1-7(2)8(3)12-6-9(5-10(12)13)11(14)15-4/h7-9H,5-6H2,1-4H3. The SMILES string of the molecule is COC(=O)C1CC(=O)N(C(C)C(C)C)C1. The van der Waals surface area contributed by atoms with E-state index >= 15 is 0 Å². The summed E-state index contributed by atoms with van der Waals surface area (Å²) in [6.07, 6.45) is 0.295. The predicted molar refractivity (Wildman–Crippen MR) is 56.1 cm³/mol. The Balaban J connectivity index is 2.64. The molecule has 86 valence electrons. The number of carbonyl (C=O) groups excluding carboxylic acids is 2. The molecule has 0 aliphatic carbocycles. The zero-order chi connectivity index (χ0) is 11.6. The third-order valence-corrected chi connectivity index (χ3v) is 3.15. The smallest absolute Gasteiger partial charge is 0.310 e. The molecular weight excluding hydrogens is 194 g/mol. The molecule has 15 heavy (non-hydrogen) atoms. The summed E-state index contributed by atoms with van der Waals surface area (Å²) in [6, 6.07) is 0.187. The third kappa shape index (κ3) is 2.49. The van der Waals surface area contributed by atoms with Gasteiger partial charge in [0.25, 0.3) is 0 Å². The number of likely N-dealkylation sites (tertiary alicyclic amines) is 1. The average Bonchev–Trinajstić information content (AvgIpc) is 2.57. The Bertz CT molecular complexity index is 263. The highest BCUT2D eigenvalue weighted by Gasteiger charge is 2.37. The van der Waals surface area contributed by atoms with Gasteiger partial charge in [0.2, 0.25) is 5.91 Å². The van der Waals surface area contributed by atoms with Crippen LogP contribution < -0.4 is 0 Å². The molecule has 0 aromatic heterocycles. The molecule has 0 N–H and O–H groups in total. The van der Waals surface area contributed by atoms with E-state index in [4.69, 9.17) is 0 Å². The summed E-state index contributed by atoms with van der Waals surface area (Å²) in [6.45, 7) is 6.67. The summed E-state index contributed by atoms with van der Waals surface area (Å²) in [5.41, 5.74) is 0. The molecule has 1 fully saturated rings. The topological polar surface area (TPSA) is 46.6 Å². The Hall–Kier alpha value is -1.06. The van der Waals surface area contributed by atoms with E-state index in [0.29, 0.717) is 18.9 Å². The van der Waals surface area contributed by atoms with Crippen molar-refractivity contribution in [3.63, 3.8) is 0 Å². The molecule has 0 aromatic rings. The van der Waals surface area contributed by atoms with Crippen LogP contribution >= 0.6 is 0 Å². The molecule has 1 heterocycles. The van der Waals surface area contributed by atoms with Crippen LogP contribution in [-0.4, -0.2) is 36.5 Å². The molecule has 1 aliphatic heterocycles. The second-order valence-corrected chi connectivity index (χ2v) is 4.45. The van der Waals surface area contributed by atoms with Crippen molar-refractivity contribution in [3.8, 4) is 0 Å². The Kier molecular flexibility index (Phi) is 3.72. The maximum atomic E-state index is 11.7. The van der Waals surface area contributed by atoms with Gasteiger partial charge in [-0.1, -0.05) is 13.8 Å². The molecule has 4 nitrogen and oxygen atoms in total. The lowest BCUT2D eigenvalue weighted by molar-refractivity contribution is -0.145. The second-order valence-electron chi connectivity index (χ2n) is 4.45. The van der Waals surface area contributed by atoms with E-state index in [1.807, 2.05) is 6.92 Å². The molecule has 0 radical (unpaired) electrons. The molecule has 1 rings (SSSR count). The van der Waals surface area contributed by atoms with Gasteiger partial charge in [-0.05, 0) is 12.8 Å². The van der Waals surface area contributed by atoms with E-state index in [2.05, 4.69) is 18.6 Å². The van der Waals surface area contributed by atoms with Crippen LogP contribution in [0.2, 0.25) is 0 Å². The van der Waals surface area contributed by atoms with Crippen molar-refractivity contribution in [2.75, 3.05) is 13.7 Å². The monoisotopic (exact) mass is 213 g/mol. The molecule has 0 saturated carbocycles. The molecule has 0 bridgehead atoms. The van der Waals surface area contributed by atoms with Crippen LogP contribution in [0, 0.1) is 11.8 Å². The summed E-state index contributed by atoms with van der Waals surface area (Å²) in [4.78, 5) is 24.7. The molecular formula is C11H19NO3. The molecule has 2 atom stereocenters. The summed E-state index contributed by atoms with van der Waals surface area (Å²) < 4.78 is 4.65. The van der Waals surface area contributed by atoms with E-state index in [1.54, 1.807) is 4.90 Å². The number of ether oxygens (including phenoxy) is 1. The number of amides is 1. The maximum absolute atomic E-state index is 11.7. The van der Waals surface area contributed by atoms with Gasteiger partial charge in [-0.3, -0.25) is 9.59 Å². The fourth-order valence-corrected chi connectivity index (χ4v) is 1.81. The Labute approximate surface area is 90.6 Å². The Morgan fingerprint density at radius 3 is 2.53 bits per heavy atom. The number of carbonyl (C=O) groups is 2. The van der Waals surface area contributed by atoms with Gasteiger partial charge in [-0.15, -0.1) is 0 Å². The van der Waals surface area contributed by atoms with Gasteiger partial charge in [0.05, 0.1) is 13.0 Å². The van der Waals surface area contributed by atoms with Crippen molar-refractivity contribution < 1.29 is 14.3 Å². The van der Waals surface area contributed by atoms with E-state index < -0.39 is 0 Å². The first kappa shape index (κ1) is 12.0. The third-order valence-electron chi connectivity index (χ3n) is 3.15. The number of hydrogen-bond acceptors (Lipinski definition) is 3. The summed E-state index contributed by atoms with van der Waals surface area (Å²) in [5.74, 6) is -0.0811. The van der Waals surface area contributed by atoms with Crippen LogP contribution in [0.5, 0.6) is 0 Å². The number of methoxy groups -OCH3 is 1. The minimum atomic E-state index is -0.276. The first-order valence-electron chi connectivity index (χ1n) is 5.34. The molecule has 1 saturated heterocycles. The van der Waals surface area contributed by atoms with Crippen LogP contribution in [0.15, 0.2) is 0 Å². The molecule has 2 unspecified atom stereocenters. The summed E-state index contributed by atoms with van der Waals surface area (Å²) in [5, 5.41) is 0.